The van der Waals surface area contributed by atoms with E-state index in [1.165, 1.54) is 0 Å². The minimum absolute atomic E-state index is 0.0129. The van der Waals surface area contributed by atoms with Crippen LogP contribution in [0, 0.1) is 0 Å². The van der Waals surface area contributed by atoms with Crippen LogP contribution in [0.5, 0.6) is 0 Å². The Morgan fingerprint density at radius 1 is 0.814 bits per heavy atom. The van der Waals surface area contributed by atoms with Crippen molar-refractivity contribution in [2.24, 2.45) is 4.99 Å². The molecule has 3 aromatic rings. The Bertz CT molecular complexity index is 1240. The van der Waals surface area contributed by atoms with Gasteiger partial charge in [0.2, 0.25) is 5.90 Å². The molecule has 3 atom stereocenters. The van der Waals surface area contributed by atoms with E-state index in [-0.39, 0.29) is 49.8 Å². The van der Waals surface area contributed by atoms with Crippen LogP contribution in [-0.2, 0) is 9.47 Å². The number of carbonyl (C=O) groups excluding carboxylic acids is 2. The molecule has 0 spiro atoms. The van der Waals surface area contributed by atoms with E-state index < -0.39 is 0 Å². The molecule has 0 aromatic heterocycles. The molecule has 43 heavy (non-hydrogen) atoms. The van der Waals surface area contributed by atoms with Gasteiger partial charge in [0, 0.05) is 36.5 Å². The lowest BCUT2D eigenvalue weighted by Crippen LogP contribution is -2.38. The molecule has 0 aliphatic carbocycles. The van der Waals surface area contributed by atoms with Crippen molar-refractivity contribution in [3.05, 3.63) is 108 Å². The predicted octanol–water partition coefficient (Wildman–Crippen LogP) is 2.58. The van der Waals surface area contributed by atoms with Crippen LogP contribution in [-0.4, -0.2) is 90.8 Å². The second-order valence-corrected chi connectivity index (χ2v) is 9.91. The van der Waals surface area contributed by atoms with Crippen molar-refractivity contribution in [3.8, 4) is 0 Å². The van der Waals surface area contributed by atoms with Gasteiger partial charge in [0.1, 0.15) is 6.61 Å². The summed E-state index contributed by atoms with van der Waals surface area (Å²) in [6.07, 6.45) is 1.95. The largest absolute Gasteiger partial charge is 0.475 e. The summed E-state index contributed by atoms with van der Waals surface area (Å²) >= 11 is 0. The molecule has 10 heteroatoms. The quantitative estimate of drug-likeness (QED) is 0.243. The SMILES string of the molecule is O=C(N[C@H](CO)CCO)c1ccccc1.O=C(N[C@H]1CCOC1)c1ccccc1.OCC[C@H]1COC(c2ccccc2)=N1. The van der Waals surface area contributed by atoms with Crippen molar-refractivity contribution in [2.75, 3.05) is 39.6 Å². The maximum Gasteiger partial charge on any atom is 0.251 e. The van der Waals surface area contributed by atoms with Gasteiger partial charge in [-0.1, -0.05) is 54.6 Å². The van der Waals surface area contributed by atoms with Crippen molar-refractivity contribution in [1.82, 2.24) is 10.6 Å². The molecular weight excluding hydrogens is 550 g/mol. The van der Waals surface area contributed by atoms with Crippen molar-refractivity contribution in [1.29, 1.82) is 0 Å². The zero-order chi connectivity index (χ0) is 30.7. The third-order valence-corrected chi connectivity index (χ3v) is 6.57. The Morgan fingerprint density at radius 3 is 1.95 bits per heavy atom. The monoisotopic (exact) mass is 591 g/mol. The molecule has 5 N–H and O–H groups in total. The summed E-state index contributed by atoms with van der Waals surface area (Å²) in [5.74, 6) is 0.452. The molecule has 230 valence electrons. The van der Waals surface area contributed by atoms with Crippen molar-refractivity contribution in [2.45, 2.75) is 37.4 Å². The zero-order valence-electron chi connectivity index (χ0n) is 24.2. The van der Waals surface area contributed by atoms with Gasteiger partial charge >= 0.3 is 0 Å². The summed E-state index contributed by atoms with van der Waals surface area (Å²) in [4.78, 5) is 27.6. The number of amides is 2. The van der Waals surface area contributed by atoms with E-state index in [0.29, 0.717) is 43.1 Å². The number of aliphatic hydroxyl groups is 3. The molecule has 2 amide bonds. The van der Waals surface area contributed by atoms with Crippen LogP contribution in [0.15, 0.2) is 96.0 Å². The van der Waals surface area contributed by atoms with Crippen molar-refractivity contribution >= 4 is 17.7 Å². The fourth-order valence-electron chi connectivity index (χ4n) is 4.18. The summed E-state index contributed by atoms with van der Waals surface area (Å²) in [5, 5.41) is 31.9. The molecule has 1 saturated heterocycles. The average Bonchev–Trinajstić information content (AvgIpc) is 3.75. The molecular formula is C33H41N3O7. The Morgan fingerprint density at radius 2 is 1.42 bits per heavy atom. The first-order valence-corrected chi connectivity index (χ1v) is 14.4. The summed E-state index contributed by atoms with van der Waals surface area (Å²) in [7, 11) is 0. The number of aliphatic hydroxyl groups excluding tert-OH is 3. The van der Waals surface area contributed by atoms with E-state index in [1.54, 1.807) is 24.3 Å². The molecule has 0 bridgehead atoms. The van der Waals surface area contributed by atoms with Crippen molar-refractivity contribution in [3.63, 3.8) is 0 Å². The van der Waals surface area contributed by atoms with Gasteiger partial charge in [-0.25, -0.2) is 4.99 Å². The van der Waals surface area contributed by atoms with Crippen LogP contribution in [0.2, 0.25) is 0 Å². The minimum Gasteiger partial charge on any atom is -0.475 e. The standard InChI is InChI=1S/C11H15NO3.2C11H13NO2/c13-7-6-10(8-14)12-11(15)9-4-2-1-3-5-9;13-11(9-4-2-1-3-5-9)12-10-6-7-14-8-10;13-7-6-10-8-14-11(12-10)9-4-2-1-3-5-9/h1-5,10,13-14H,6-8H2,(H,12,15);1-5,10H,6-8H2,(H,12,13);1-5,10,13H,6-8H2/t3*10-/m000/s1. The number of nitrogens with one attached hydrogen (secondary N) is 2. The van der Waals surface area contributed by atoms with Gasteiger partial charge in [0.15, 0.2) is 0 Å². The molecule has 10 nitrogen and oxygen atoms in total. The fraction of sp³-hybridized carbons (Fsp3) is 0.364. The molecule has 0 radical (unpaired) electrons. The Kier molecular flexibility index (Phi) is 14.9. The average molecular weight is 592 g/mol. The fourth-order valence-corrected chi connectivity index (χ4v) is 4.18. The Hall–Kier alpha value is -4.09. The van der Waals surface area contributed by atoms with Crippen LogP contribution >= 0.6 is 0 Å². The molecule has 3 aromatic carbocycles. The first-order chi connectivity index (χ1) is 21.0. The van der Waals surface area contributed by atoms with E-state index in [1.807, 2.05) is 66.7 Å². The van der Waals surface area contributed by atoms with Crippen LogP contribution < -0.4 is 10.6 Å². The van der Waals surface area contributed by atoms with Gasteiger partial charge in [0.05, 0.1) is 31.3 Å². The summed E-state index contributed by atoms with van der Waals surface area (Å²) < 4.78 is 10.6. The van der Waals surface area contributed by atoms with Crippen LogP contribution in [0.25, 0.3) is 0 Å². The van der Waals surface area contributed by atoms with Gasteiger partial charge < -0.3 is 35.4 Å². The number of rotatable bonds is 10. The lowest BCUT2D eigenvalue weighted by Gasteiger charge is -2.14. The molecule has 2 aliphatic rings. The highest BCUT2D eigenvalue weighted by atomic mass is 16.5. The predicted molar refractivity (Wildman–Crippen MR) is 164 cm³/mol. The van der Waals surface area contributed by atoms with Crippen LogP contribution in [0.3, 0.4) is 0 Å². The number of carbonyl (C=O) groups is 2. The van der Waals surface area contributed by atoms with Gasteiger partial charge in [-0.05, 0) is 55.7 Å². The van der Waals surface area contributed by atoms with Crippen LogP contribution in [0.4, 0.5) is 0 Å². The molecule has 1 fully saturated rings. The lowest BCUT2D eigenvalue weighted by molar-refractivity contribution is 0.0902. The molecule has 2 heterocycles. The van der Waals surface area contributed by atoms with E-state index >= 15 is 0 Å². The first-order valence-electron chi connectivity index (χ1n) is 14.4. The number of hydrogen-bond acceptors (Lipinski definition) is 8. The molecule has 0 saturated carbocycles. The first kappa shape index (κ1) is 33.4. The Balaban J connectivity index is 0.000000177. The number of ether oxygens (including phenoxy) is 2. The van der Waals surface area contributed by atoms with Crippen molar-refractivity contribution < 1.29 is 34.4 Å². The highest BCUT2D eigenvalue weighted by molar-refractivity contribution is 5.95. The number of benzene rings is 3. The third kappa shape index (κ3) is 12.0. The topological polar surface area (TPSA) is 150 Å². The third-order valence-electron chi connectivity index (χ3n) is 6.57. The molecule has 0 unspecified atom stereocenters. The van der Waals surface area contributed by atoms with Gasteiger partial charge in [-0.15, -0.1) is 0 Å². The zero-order valence-corrected chi connectivity index (χ0v) is 24.2. The van der Waals surface area contributed by atoms with Gasteiger partial charge in [-0.2, -0.15) is 0 Å². The normalized spacial score (nSPS) is 17.6. The number of aliphatic imine (C=N–C) groups is 1. The summed E-state index contributed by atoms with van der Waals surface area (Å²) in [6, 6.07) is 27.8. The highest BCUT2D eigenvalue weighted by Gasteiger charge is 2.19. The summed E-state index contributed by atoms with van der Waals surface area (Å²) in [6.45, 7) is 1.92. The molecule has 2 aliphatic heterocycles. The number of nitrogens with zero attached hydrogens (tertiary/aromatic N) is 1. The summed E-state index contributed by atoms with van der Waals surface area (Å²) in [5.41, 5.74) is 2.27. The van der Waals surface area contributed by atoms with Gasteiger partial charge in [-0.3, -0.25) is 9.59 Å². The van der Waals surface area contributed by atoms with Crippen LogP contribution in [0.1, 0.15) is 45.5 Å². The van der Waals surface area contributed by atoms with E-state index in [2.05, 4.69) is 15.6 Å². The Labute approximate surface area is 252 Å². The number of hydrogen-bond donors (Lipinski definition) is 5. The highest BCUT2D eigenvalue weighted by Crippen LogP contribution is 2.13. The van der Waals surface area contributed by atoms with Gasteiger partial charge in [0.25, 0.3) is 11.8 Å². The smallest absolute Gasteiger partial charge is 0.251 e. The second kappa shape index (κ2) is 19.2. The second-order valence-electron chi connectivity index (χ2n) is 9.91. The van der Waals surface area contributed by atoms with E-state index in [9.17, 15) is 9.59 Å². The maximum atomic E-state index is 11.6. The van der Waals surface area contributed by atoms with E-state index in [0.717, 1.165) is 18.6 Å². The molecule has 5 rings (SSSR count). The minimum atomic E-state index is -0.386. The maximum absolute atomic E-state index is 11.6. The lowest BCUT2D eigenvalue weighted by atomic mass is 10.2. The van der Waals surface area contributed by atoms with E-state index in [4.69, 9.17) is 24.8 Å².